The van der Waals surface area contributed by atoms with Gasteiger partial charge in [-0.15, -0.1) is 0 Å². The molecule has 0 fully saturated rings. The summed E-state index contributed by atoms with van der Waals surface area (Å²) in [5, 5.41) is 5.49. The van der Waals surface area contributed by atoms with Crippen molar-refractivity contribution >= 4 is 11.0 Å². The SMILES string of the molecule is Cc1nn(C)c2nc(C(C)C)ccc12. The second-order valence-corrected chi connectivity index (χ2v) is 3.97. The van der Waals surface area contributed by atoms with E-state index < -0.39 is 0 Å². The fourth-order valence-corrected chi connectivity index (χ4v) is 1.64. The van der Waals surface area contributed by atoms with Crippen molar-refractivity contribution in [3.63, 3.8) is 0 Å². The fraction of sp³-hybridized carbons (Fsp3) is 0.455. The summed E-state index contributed by atoms with van der Waals surface area (Å²) in [5.41, 5.74) is 3.15. The van der Waals surface area contributed by atoms with E-state index in [1.54, 1.807) is 0 Å². The minimum Gasteiger partial charge on any atom is -0.250 e. The summed E-state index contributed by atoms with van der Waals surface area (Å²) in [7, 11) is 1.94. The van der Waals surface area contributed by atoms with Crippen molar-refractivity contribution in [1.29, 1.82) is 0 Å². The second kappa shape index (κ2) is 3.08. The molecule has 3 heteroatoms. The van der Waals surface area contributed by atoms with Crippen LogP contribution in [0.4, 0.5) is 0 Å². The summed E-state index contributed by atoms with van der Waals surface area (Å²) in [4.78, 5) is 4.60. The van der Waals surface area contributed by atoms with E-state index in [1.807, 2.05) is 18.7 Å². The van der Waals surface area contributed by atoms with Crippen LogP contribution in [0.5, 0.6) is 0 Å². The molecule has 0 aliphatic carbocycles. The van der Waals surface area contributed by atoms with Gasteiger partial charge in [-0.05, 0) is 25.0 Å². The van der Waals surface area contributed by atoms with E-state index in [0.29, 0.717) is 5.92 Å². The number of aromatic nitrogens is 3. The first-order chi connectivity index (χ1) is 6.59. The van der Waals surface area contributed by atoms with Crippen LogP contribution in [0.1, 0.15) is 31.2 Å². The monoisotopic (exact) mass is 189 g/mol. The average molecular weight is 189 g/mol. The van der Waals surface area contributed by atoms with Crippen LogP contribution in [0.25, 0.3) is 11.0 Å². The normalized spacial score (nSPS) is 11.5. The summed E-state index contributed by atoms with van der Waals surface area (Å²) in [5.74, 6) is 0.467. The highest BCUT2D eigenvalue weighted by Gasteiger charge is 2.08. The molecule has 2 rings (SSSR count). The predicted molar refractivity (Wildman–Crippen MR) is 57.3 cm³/mol. The number of fused-ring (bicyclic) bond motifs is 1. The lowest BCUT2D eigenvalue weighted by Gasteiger charge is -2.03. The van der Waals surface area contributed by atoms with E-state index in [1.165, 1.54) is 0 Å². The number of hydrogen-bond acceptors (Lipinski definition) is 2. The van der Waals surface area contributed by atoms with Gasteiger partial charge in [0.25, 0.3) is 0 Å². The summed E-state index contributed by atoms with van der Waals surface area (Å²) in [6.45, 7) is 6.31. The zero-order valence-corrected chi connectivity index (χ0v) is 9.07. The number of aryl methyl sites for hydroxylation is 2. The molecule has 0 spiro atoms. The van der Waals surface area contributed by atoms with Crippen LogP contribution in [0, 0.1) is 6.92 Å². The Morgan fingerprint density at radius 3 is 2.64 bits per heavy atom. The number of rotatable bonds is 1. The van der Waals surface area contributed by atoms with E-state index in [2.05, 4.69) is 36.1 Å². The molecule has 0 atom stereocenters. The lowest BCUT2D eigenvalue weighted by molar-refractivity contribution is 0.762. The van der Waals surface area contributed by atoms with Gasteiger partial charge in [0.15, 0.2) is 5.65 Å². The standard InChI is InChI=1S/C11H15N3/c1-7(2)10-6-5-9-8(3)13-14(4)11(9)12-10/h5-7H,1-4H3. The van der Waals surface area contributed by atoms with Crippen molar-refractivity contribution < 1.29 is 0 Å². The molecule has 2 heterocycles. The van der Waals surface area contributed by atoms with Gasteiger partial charge in [0.2, 0.25) is 0 Å². The zero-order chi connectivity index (χ0) is 10.3. The quantitative estimate of drug-likeness (QED) is 0.689. The third-order valence-corrected chi connectivity index (χ3v) is 2.48. The van der Waals surface area contributed by atoms with E-state index in [9.17, 15) is 0 Å². The Balaban J connectivity index is 2.71. The zero-order valence-electron chi connectivity index (χ0n) is 9.07. The third-order valence-electron chi connectivity index (χ3n) is 2.48. The van der Waals surface area contributed by atoms with E-state index in [4.69, 9.17) is 0 Å². The predicted octanol–water partition coefficient (Wildman–Crippen LogP) is 2.40. The number of nitrogens with zero attached hydrogens (tertiary/aromatic N) is 3. The van der Waals surface area contributed by atoms with Gasteiger partial charge >= 0.3 is 0 Å². The Bertz CT molecular complexity index is 469. The van der Waals surface area contributed by atoms with Gasteiger partial charge < -0.3 is 0 Å². The van der Waals surface area contributed by atoms with Crippen molar-refractivity contribution in [3.8, 4) is 0 Å². The van der Waals surface area contributed by atoms with Gasteiger partial charge in [-0.2, -0.15) is 5.10 Å². The van der Waals surface area contributed by atoms with Gasteiger partial charge in [-0.25, -0.2) is 4.98 Å². The molecule has 14 heavy (non-hydrogen) atoms. The highest BCUT2D eigenvalue weighted by Crippen LogP contribution is 2.19. The van der Waals surface area contributed by atoms with Gasteiger partial charge in [0, 0.05) is 18.1 Å². The first-order valence-corrected chi connectivity index (χ1v) is 4.90. The van der Waals surface area contributed by atoms with Crippen molar-refractivity contribution in [2.24, 2.45) is 7.05 Å². The first-order valence-electron chi connectivity index (χ1n) is 4.90. The van der Waals surface area contributed by atoms with Crippen LogP contribution in [0.3, 0.4) is 0 Å². The van der Waals surface area contributed by atoms with E-state index in [-0.39, 0.29) is 0 Å². The Labute approximate surface area is 83.8 Å². The molecule has 0 bridgehead atoms. The van der Waals surface area contributed by atoms with Crippen molar-refractivity contribution in [1.82, 2.24) is 14.8 Å². The van der Waals surface area contributed by atoms with Gasteiger partial charge in [-0.1, -0.05) is 13.8 Å². The molecule has 0 aliphatic rings. The van der Waals surface area contributed by atoms with Gasteiger partial charge in [0.05, 0.1) is 5.69 Å². The van der Waals surface area contributed by atoms with Gasteiger partial charge in [0.1, 0.15) is 0 Å². The highest BCUT2D eigenvalue weighted by atomic mass is 15.3. The topological polar surface area (TPSA) is 30.7 Å². The molecule has 2 aromatic heterocycles. The maximum atomic E-state index is 4.60. The molecule has 0 unspecified atom stereocenters. The van der Waals surface area contributed by atoms with Crippen LogP contribution in [-0.4, -0.2) is 14.8 Å². The number of pyridine rings is 1. The van der Waals surface area contributed by atoms with Crippen LogP contribution in [0.2, 0.25) is 0 Å². The molecule has 2 aromatic rings. The summed E-state index contributed by atoms with van der Waals surface area (Å²) in [6.07, 6.45) is 0. The highest BCUT2D eigenvalue weighted by molar-refractivity contribution is 5.78. The molecular weight excluding hydrogens is 174 g/mol. The molecule has 0 amide bonds. The van der Waals surface area contributed by atoms with E-state index >= 15 is 0 Å². The van der Waals surface area contributed by atoms with Crippen LogP contribution in [0.15, 0.2) is 12.1 Å². The summed E-state index contributed by atoms with van der Waals surface area (Å²) >= 11 is 0. The van der Waals surface area contributed by atoms with Crippen LogP contribution < -0.4 is 0 Å². The lowest BCUT2D eigenvalue weighted by Crippen LogP contribution is -1.96. The lowest BCUT2D eigenvalue weighted by atomic mass is 10.1. The summed E-state index contributed by atoms with van der Waals surface area (Å²) in [6, 6.07) is 4.20. The third kappa shape index (κ3) is 1.29. The Morgan fingerprint density at radius 1 is 1.29 bits per heavy atom. The molecule has 0 saturated carbocycles. The first kappa shape index (κ1) is 9.19. The summed E-state index contributed by atoms with van der Waals surface area (Å²) < 4.78 is 1.84. The minimum absolute atomic E-state index is 0.467. The second-order valence-electron chi connectivity index (χ2n) is 3.97. The fourth-order valence-electron chi connectivity index (χ4n) is 1.64. The average Bonchev–Trinajstić information content (AvgIpc) is 2.42. The van der Waals surface area contributed by atoms with Crippen LogP contribution >= 0.6 is 0 Å². The molecule has 0 radical (unpaired) electrons. The Morgan fingerprint density at radius 2 is 2.00 bits per heavy atom. The molecule has 0 aromatic carbocycles. The largest absolute Gasteiger partial charge is 0.250 e. The molecule has 3 nitrogen and oxygen atoms in total. The van der Waals surface area contributed by atoms with Crippen molar-refractivity contribution in [3.05, 3.63) is 23.5 Å². The molecule has 0 N–H and O–H groups in total. The minimum atomic E-state index is 0.467. The smallest absolute Gasteiger partial charge is 0.158 e. The Kier molecular flexibility index (Phi) is 2.02. The molecule has 0 aliphatic heterocycles. The number of hydrogen-bond donors (Lipinski definition) is 0. The molecule has 0 saturated heterocycles. The Hall–Kier alpha value is -1.38. The maximum absolute atomic E-state index is 4.60. The molecule has 74 valence electrons. The molecular formula is C11H15N3. The van der Waals surface area contributed by atoms with Crippen molar-refractivity contribution in [2.75, 3.05) is 0 Å². The van der Waals surface area contributed by atoms with Gasteiger partial charge in [-0.3, -0.25) is 4.68 Å². The van der Waals surface area contributed by atoms with E-state index in [0.717, 1.165) is 22.4 Å². The maximum Gasteiger partial charge on any atom is 0.158 e. The van der Waals surface area contributed by atoms with Crippen molar-refractivity contribution in [2.45, 2.75) is 26.7 Å². The van der Waals surface area contributed by atoms with Crippen LogP contribution in [-0.2, 0) is 7.05 Å².